The highest BCUT2D eigenvalue weighted by Crippen LogP contribution is 2.31. The summed E-state index contributed by atoms with van der Waals surface area (Å²) in [7, 11) is 3.99. The van der Waals surface area contributed by atoms with Gasteiger partial charge >= 0.3 is 0 Å². The Morgan fingerprint density at radius 3 is 2.28 bits per heavy atom. The molecule has 6 nitrogen and oxygen atoms in total. The molecule has 1 aliphatic rings. The van der Waals surface area contributed by atoms with Gasteiger partial charge < -0.3 is 16.3 Å². The zero-order valence-electron chi connectivity index (χ0n) is 12.1. The van der Waals surface area contributed by atoms with Crippen molar-refractivity contribution in [2.75, 3.05) is 20.7 Å². The Morgan fingerprint density at radius 2 is 1.83 bits per heavy atom. The maximum Gasteiger partial charge on any atom is 0.134 e. The van der Waals surface area contributed by atoms with Gasteiger partial charge in [-0.05, 0) is 27.2 Å². The summed E-state index contributed by atoms with van der Waals surface area (Å²) < 4.78 is 0.393. The van der Waals surface area contributed by atoms with Gasteiger partial charge in [-0.2, -0.15) is 15.4 Å². The van der Waals surface area contributed by atoms with E-state index in [1.54, 1.807) is 0 Å². The second-order valence-electron chi connectivity index (χ2n) is 6.36. The highest BCUT2D eigenvalue weighted by Gasteiger charge is 2.39. The molecule has 1 aliphatic carbocycles. The van der Waals surface area contributed by atoms with E-state index >= 15 is 0 Å². The molecular weight excluding hydrogens is 232 g/mol. The summed E-state index contributed by atoms with van der Waals surface area (Å²) in [5, 5.41) is 0. The van der Waals surface area contributed by atoms with E-state index in [9.17, 15) is 0 Å². The van der Waals surface area contributed by atoms with Gasteiger partial charge in [-0.1, -0.05) is 0 Å². The predicted octanol–water partition coefficient (Wildman–Crippen LogP) is 0.345. The van der Waals surface area contributed by atoms with E-state index in [0.29, 0.717) is 29.9 Å². The van der Waals surface area contributed by atoms with E-state index < -0.39 is 5.66 Å². The van der Waals surface area contributed by atoms with Crippen molar-refractivity contribution in [3.8, 4) is 0 Å². The Labute approximate surface area is 109 Å². The lowest BCUT2D eigenvalue weighted by Gasteiger charge is -2.39. The minimum Gasteiger partial charge on any atom is -0.416 e. The van der Waals surface area contributed by atoms with Crippen LogP contribution >= 0.6 is 0 Å². The number of rotatable bonds is 4. The molecule has 0 saturated carbocycles. The van der Waals surface area contributed by atoms with Crippen LogP contribution in [0.2, 0.25) is 0 Å². The first-order valence-electron chi connectivity index (χ1n) is 6.17. The molecular formula is C12H27N4O2+. The Kier molecular flexibility index (Phi) is 4.10. The molecule has 0 bridgehead atoms. The Balaban J connectivity index is 2.79. The van der Waals surface area contributed by atoms with Crippen molar-refractivity contribution in [2.45, 2.75) is 44.8 Å². The Hall–Kier alpha value is -0.660. The van der Waals surface area contributed by atoms with E-state index in [2.05, 4.69) is 20.8 Å². The third kappa shape index (κ3) is 3.02. The van der Waals surface area contributed by atoms with Crippen molar-refractivity contribution < 1.29 is 14.3 Å². The summed E-state index contributed by atoms with van der Waals surface area (Å²) in [5.41, 5.74) is 11.9. The molecule has 0 radical (unpaired) electrons. The number of hydrogen-bond donors (Lipinski definition) is 3. The molecule has 0 aromatic rings. The molecule has 0 heterocycles. The van der Waals surface area contributed by atoms with Crippen LogP contribution in [0, 0.1) is 0 Å². The highest BCUT2D eigenvalue weighted by atomic mass is 16.7. The van der Waals surface area contributed by atoms with E-state index in [1.807, 2.05) is 14.1 Å². The van der Waals surface area contributed by atoms with Crippen LogP contribution in [0.5, 0.6) is 0 Å². The summed E-state index contributed by atoms with van der Waals surface area (Å²) in [6, 6.07) is 0. The second-order valence-corrected chi connectivity index (χ2v) is 6.36. The minimum atomic E-state index is -0.882. The van der Waals surface area contributed by atoms with Crippen LogP contribution in [0.25, 0.3) is 0 Å². The van der Waals surface area contributed by atoms with Crippen LogP contribution in [-0.4, -0.2) is 36.6 Å². The Bertz CT molecular complexity index is 342. The molecule has 106 valence electrons. The maximum absolute atomic E-state index is 6.02. The van der Waals surface area contributed by atoms with E-state index in [-0.39, 0.29) is 5.54 Å². The van der Waals surface area contributed by atoms with Gasteiger partial charge in [-0.3, -0.25) is 0 Å². The zero-order chi connectivity index (χ0) is 14.2. The maximum atomic E-state index is 6.02. The first-order valence-corrected chi connectivity index (χ1v) is 6.17. The van der Waals surface area contributed by atoms with E-state index in [4.69, 9.17) is 27.0 Å². The summed E-state index contributed by atoms with van der Waals surface area (Å²) >= 11 is 0. The average Bonchev–Trinajstić information content (AvgIpc) is 2.48. The van der Waals surface area contributed by atoms with Gasteiger partial charge in [0.1, 0.15) is 17.9 Å². The molecule has 0 atom stereocenters. The first kappa shape index (κ1) is 15.4. The molecule has 0 spiro atoms. The largest absolute Gasteiger partial charge is 0.416 e. The summed E-state index contributed by atoms with van der Waals surface area (Å²) in [5.74, 6) is 5.89. The molecule has 6 heteroatoms. The molecule has 0 aromatic heterocycles. The molecule has 6 N–H and O–H groups in total. The summed E-state index contributed by atoms with van der Waals surface area (Å²) in [4.78, 5) is 10.8. The van der Waals surface area contributed by atoms with E-state index in [0.717, 1.165) is 5.57 Å². The molecule has 18 heavy (non-hydrogen) atoms. The SMILES string of the molecule is CC(C)(C)[N+](C)(C)OCC1=C(ON)CCC1(N)N. The highest BCUT2D eigenvalue weighted by molar-refractivity contribution is 5.27. The number of hydroxylamine groups is 3. The third-order valence-corrected chi connectivity index (χ3v) is 3.95. The van der Waals surface area contributed by atoms with Crippen molar-refractivity contribution in [2.24, 2.45) is 17.4 Å². The normalized spacial score (nSPS) is 20.4. The molecule has 0 unspecified atom stereocenters. The average molecular weight is 259 g/mol. The molecule has 0 saturated heterocycles. The van der Waals surface area contributed by atoms with Gasteiger partial charge in [-0.15, -0.1) is 0 Å². The third-order valence-electron chi connectivity index (χ3n) is 3.95. The number of quaternary nitrogens is 1. The number of allylic oxidation sites excluding steroid dienone is 1. The van der Waals surface area contributed by atoms with Crippen molar-refractivity contribution in [1.82, 2.24) is 0 Å². The summed E-state index contributed by atoms with van der Waals surface area (Å²) in [6.45, 7) is 6.64. The zero-order valence-corrected chi connectivity index (χ0v) is 12.1. The van der Waals surface area contributed by atoms with Gasteiger partial charge in [0.15, 0.2) is 0 Å². The molecule has 0 fully saturated rings. The first-order chi connectivity index (χ1) is 8.01. The summed E-state index contributed by atoms with van der Waals surface area (Å²) in [6.07, 6.45) is 1.28. The van der Waals surface area contributed by atoms with Gasteiger partial charge in [0.05, 0.1) is 19.8 Å². The fraction of sp³-hybridized carbons (Fsp3) is 0.833. The van der Waals surface area contributed by atoms with Gasteiger partial charge in [0.25, 0.3) is 0 Å². The van der Waals surface area contributed by atoms with Crippen molar-refractivity contribution >= 4 is 0 Å². The van der Waals surface area contributed by atoms with Crippen LogP contribution in [0.1, 0.15) is 33.6 Å². The van der Waals surface area contributed by atoms with Crippen LogP contribution in [-0.2, 0) is 9.68 Å². The molecule has 0 aromatic carbocycles. The van der Waals surface area contributed by atoms with Gasteiger partial charge in [0.2, 0.25) is 0 Å². The monoisotopic (exact) mass is 259 g/mol. The second kappa shape index (κ2) is 4.79. The standard InChI is InChI=1S/C12H27N4O2/c1-11(2,3)16(4,5)17-8-9-10(18-15)6-7-12(9,13)14/h6-8,13-15H2,1-5H3/q+1. The smallest absolute Gasteiger partial charge is 0.134 e. The number of nitrogens with zero attached hydrogens (tertiary/aromatic N) is 1. The van der Waals surface area contributed by atoms with Crippen LogP contribution in [0.4, 0.5) is 0 Å². The number of nitrogens with two attached hydrogens (primary N) is 3. The van der Waals surface area contributed by atoms with Crippen molar-refractivity contribution in [1.29, 1.82) is 0 Å². The van der Waals surface area contributed by atoms with Crippen molar-refractivity contribution in [3.05, 3.63) is 11.3 Å². The molecule has 1 rings (SSSR count). The molecule has 0 aliphatic heterocycles. The van der Waals surface area contributed by atoms with Gasteiger partial charge in [-0.25, -0.2) is 0 Å². The number of hydrogen-bond acceptors (Lipinski definition) is 5. The van der Waals surface area contributed by atoms with Gasteiger partial charge in [0, 0.05) is 12.0 Å². The van der Waals surface area contributed by atoms with E-state index in [1.165, 1.54) is 0 Å². The lowest BCUT2D eigenvalue weighted by atomic mass is 10.1. The van der Waals surface area contributed by atoms with Crippen LogP contribution in [0.15, 0.2) is 11.3 Å². The van der Waals surface area contributed by atoms with Crippen LogP contribution in [0.3, 0.4) is 0 Å². The lowest BCUT2D eigenvalue weighted by molar-refractivity contribution is -1.11. The lowest BCUT2D eigenvalue weighted by Crippen LogP contribution is -2.56. The topological polar surface area (TPSA) is 96.5 Å². The Morgan fingerprint density at radius 1 is 1.28 bits per heavy atom. The molecule has 0 amide bonds. The fourth-order valence-electron chi connectivity index (χ4n) is 1.65. The van der Waals surface area contributed by atoms with Crippen molar-refractivity contribution in [3.63, 3.8) is 0 Å². The predicted molar refractivity (Wildman–Crippen MR) is 70.5 cm³/mol. The minimum absolute atomic E-state index is 0.0469. The van der Waals surface area contributed by atoms with Crippen LogP contribution < -0.4 is 17.4 Å². The quantitative estimate of drug-likeness (QED) is 0.384. The fourth-order valence-corrected chi connectivity index (χ4v) is 1.65.